The summed E-state index contributed by atoms with van der Waals surface area (Å²) in [5.74, 6) is 0.531. The summed E-state index contributed by atoms with van der Waals surface area (Å²) in [6.07, 6.45) is 0. The SMILES string of the molecule is COC[C@@H](C)C(C)SC(N)S. The zero-order valence-corrected chi connectivity index (χ0v) is 8.99. The van der Waals surface area contributed by atoms with Crippen molar-refractivity contribution in [3.05, 3.63) is 0 Å². The van der Waals surface area contributed by atoms with Crippen molar-refractivity contribution in [2.75, 3.05) is 13.7 Å². The number of hydrogen-bond acceptors (Lipinski definition) is 4. The Kier molecular flexibility index (Phi) is 6.52. The van der Waals surface area contributed by atoms with Crippen LogP contribution in [0.15, 0.2) is 0 Å². The molecule has 0 radical (unpaired) electrons. The molecule has 0 aliphatic rings. The van der Waals surface area contributed by atoms with Crippen molar-refractivity contribution in [3.63, 3.8) is 0 Å². The van der Waals surface area contributed by atoms with E-state index in [1.807, 2.05) is 0 Å². The van der Waals surface area contributed by atoms with E-state index in [-0.39, 0.29) is 4.71 Å². The molecule has 11 heavy (non-hydrogen) atoms. The minimum atomic E-state index is -0.0793. The van der Waals surface area contributed by atoms with Crippen molar-refractivity contribution < 1.29 is 4.74 Å². The first-order chi connectivity index (χ1) is 5.07. The molecule has 4 heteroatoms. The zero-order valence-electron chi connectivity index (χ0n) is 7.28. The zero-order chi connectivity index (χ0) is 8.85. The van der Waals surface area contributed by atoms with Crippen LogP contribution in [0.2, 0.25) is 0 Å². The summed E-state index contributed by atoms with van der Waals surface area (Å²) in [6.45, 7) is 5.08. The summed E-state index contributed by atoms with van der Waals surface area (Å²) in [6, 6.07) is 0. The smallest absolute Gasteiger partial charge is 0.0950 e. The summed E-state index contributed by atoms with van der Waals surface area (Å²) in [5, 5.41) is 0.502. The Bertz CT molecular complexity index is 100. The average Bonchev–Trinajstić information content (AvgIpc) is 1.86. The van der Waals surface area contributed by atoms with Gasteiger partial charge in [0.05, 0.1) is 4.71 Å². The van der Waals surface area contributed by atoms with E-state index in [0.29, 0.717) is 11.2 Å². The van der Waals surface area contributed by atoms with Crippen molar-refractivity contribution in [2.45, 2.75) is 23.8 Å². The van der Waals surface area contributed by atoms with E-state index >= 15 is 0 Å². The van der Waals surface area contributed by atoms with Crippen LogP contribution in [-0.2, 0) is 4.74 Å². The number of methoxy groups -OCH3 is 1. The Morgan fingerprint density at radius 3 is 2.45 bits per heavy atom. The van der Waals surface area contributed by atoms with E-state index in [0.717, 1.165) is 6.61 Å². The minimum Gasteiger partial charge on any atom is -0.384 e. The number of nitrogens with two attached hydrogens (primary N) is 1. The molecule has 0 spiro atoms. The number of thioether (sulfide) groups is 1. The van der Waals surface area contributed by atoms with Gasteiger partial charge in [-0.3, -0.25) is 0 Å². The van der Waals surface area contributed by atoms with E-state index in [1.165, 1.54) is 0 Å². The number of hydrogen-bond donors (Lipinski definition) is 2. The van der Waals surface area contributed by atoms with E-state index in [4.69, 9.17) is 10.5 Å². The Hall–Kier alpha value is 0.620. The Labute approximate surface area is 78.7 Å². The van der Waals surface area contributed by atoms with Crippen LogP contribution in [0.5, 0.6) is 0 Å². The third-order valence-corrected chi connectivity index (χ3v) is 3.12. The van der Waals surface area contributed by atoms with Crippen molar-refractivity contribution >= 4 is 24.4 Å². The van der Waals surface area contributed by atoms with Gasteiger partial charge >= 0.3 is 0 Å². The van der Waals surface area contributed by atoms with Gasteiger partial charge in [0.25, 0.3) is 0 Å². The number of ether oxygens (including phenoxy) is 1. The van der Waals surface area contributed by atoms with E-state index in [9.17, 15) is 0 Å². The Morgan fingerprint density at radius 2 is 2.09 bits per heavy atom. The molecule has 0 rings (SSSR count). The van der Waals surface area contributed by atoms with Crippen molar-refractivity contribution in [1.82, 2.24) is 0 Å². The maximum absolute atomic E-state index is 5.51. The summed E-state index contributed by atoms with van der Waals surface area (Å²) in [4.78, 5) is 0. The molecule has 0 amide bonds. The van der Waals surface area contributed by atoms with Crippen LogP contribution >= 0.6 is 24.4 Å². The molecule has 0 bridgehead atoms. The van der Waals surface area contributed by atoms with Crippen LogP contribution in [0.3, 0.4) is 0 Å². The van der Waals surface area contributed by atoms with Gasteiger partial charge in [0, 0.05) is 19.0 Å². The van der Waals surface area contributed by atoms with E-state index in [2.05, 4.69) is 26.5 Å². The first kappa shape index (κ1) is 11.6. The molecular formula is C7H17NOS2. The maximum atomic E-state index is 5.51. The summed E-state index contributed by atoms with van der Waals surface area (Å²) in [7, 11) is 1.72. The van der Waals surface area contributed by atoms with Crippen molar-refractivity contribution in [1.29, 1.82) is 0 Å². The molecule has 68 valence electrons. The molecule has 2 unspecified atom stereocenters. The standard InChI is InChI=1S/C7H17NOS2/c1-5(4-9-3)6(2)11-7(8)10/h5-7,10H,4,8H2,1-3H3/t5-,6?,7?/m1/s1. The van der Waals surface area contributed by atoms with Gasteiger partial charge in [-0.25, -0.2) is 0 Å². The van der Waals surface area contributed by atoms with Crippen LogP contribution in [-0.4, -0.2) is 23.7 Å². The van der Waals surface area contributed by atoms with E-state index < -0.39 is 0 Å². The molecule has 0 aliphatic heterocycles. The lowest BCUT2D eigenvalue weighted by Crippen LogP contribution is -2.20. The molecule has 0 fully saturated rings. The number of thiol groups is 1. The van der Waals surface area contributed by atoms with Crippen LogP contribution in [0.25, 0.3) is 0 Å². The molecule has 0 saturated carbocycles. The lowest BCUT2D eigenvalue weighted by molar-refractivity contribution is 0.160. The van der Waals surface area contributed by atoms with Crippen molar-refractivity contribution in [2.24, 2.45) is 11.7 Å². The minimum absolute atomic E-state index is 0.0793. The second kappa shape index (κ2) is 6.17. The fourth-order valence-corrected chi connectivity index (χ4v) is 2.12. The molecule has 0 aromatic carbocycles. The Balaban J connectivity index is 3.54. The highest BCUT2D eigenvalue weighted by atomic mass is 32.2. The first-order valence-electron chi connectivity index (χ1n) is 3.66. The van der Waals surface area contributed by atoms with Gasteiger partial charge in [-0.1, -0.05) is 13.8 Å². The van der Waals surface area contributed by atoms with Crippen LogP contribution in [0, 0.1) is 5.92 Å². The average molecular weight is 195 g/mol. The second-order valence-electron chi connectivity index (χ2n) is 2.66. The topological polar surface area (TPSA) is 35.2 Å². The maximum Gasteiger partial charge on any atom is 0.0950 e. The lowest BCUT2D eigenvalue weighted by Gasteiger charge is -2.19. The third-order valence-electron chi connectivity index (χ3n) is 1.58. The van der Waals surface area contributed by atoms with Gasteiger partial charge in [-0.05, 0) is 5.92 Å². The fourth-order valence-electron chi connectivity index (χ4n) is 0.752. The molecule has 0 heterocycles. The van der Waals surface area contributed by atoms with Gasteiger partial charge in [-0.2, -0.15) is 0 Å². The molecule has 0 aromatic rings. The lowest BCUT2D eigenvalue weighted by atomic mass is 10.1. The quantitative estimate of drug-likeness (QED) is 0.516. The monoisotopic (exact) mass is 195 g/mol. The molecule has 0 saturated heterocycles. The summed E-state index contributed by atoms with van der Waals surface area (Å²) < 4.78 is 4.95. The van der Waals surface area contributed by atoms with Crippen LogP contribution < -0.4 is 5.73 Å². The van der Waals surface area contributed by atoms with Gasteiger partial charge in [0.2, 0.25) is 0 Å². The van der Waals surface area contributed by atoms with Crippen molar-refractivity contribution in [3.8, 4) is 0 Å². The molecule has 0 aromatic heterocycles. The molecule has 2 N–H and O–H groups in total. The highest BCUT2D eigenvalue weighted by Gasteiger charge is 2.13. The first-order valence-corrected chi connectivity index (χ1v) is 5.12. The second-order valence-corrected chi connectivity index (χ2v) is 5.09. The third kappa shape index (κ3) is 5.84. The normalized spacial score (nSPS) is 19.4. The Morgan fingerprint density at radius 1 is 1.55 bits per heavy atom. The number of rotatable bonds is 5. The van der Waals surface area contributed by atoms with E-state index in [1.54, 1.807) is 18.9 Å². The molecule has 3 atom stereocenters. The fraction of sp³-hybridized carbons (Fsp3) is 1.00. The highest BCUT2D eigenvalue weighted by Crippen LogP contribution is 2.23. The van der Waals surface area contributed by atoms with Crippen LogP contribution in [0.4, 0.5) is 0 Å². The molecule has 2 nitrogen and oxygen atoms in total. The predicted molar refractivity (Wildman–Crippen MR) is 55.1 cm³/mol. The molecular weight excluding hydrogens is 178 g/mol. The molecule has 0 aliphatic carbocycles. The van der Waals surface area contributed by atoms with Gasteiger partial charge < -0.3 is 10.5 Å². The largest absolute Gasteiger partial charge is 0.384 e. The summed E-state index contributed by atoms with van der Waals surface area (Å²) >= 11 is 5.76. The predicted octanol–water partition coefficient (Wildman–Crippen LogP) is 1.56. The summed E-state index contributed by atoms with van der Waals surface area (Å²) in [5.41, 5.74) is 5.51. The van der Waals surface area contributed by atoms with Gasteiger partial charge in [0.15, 0.2) is 0 Å². The van der Waals surface area contributed by atoms with Gasteiger partial charge in [-0.15, -0.1) is 24.4 Å². The highest BCUT2D eigenvalue weighted by molar-refractivity contribution is 8.10. The van der Waals surface area contributed by atoms with Gasteiger partial charge in [0.1, 0.15) is 0 Å². The van der Waals surface area contributed by atoms with Crippen LogP contribution in [0.1, 0.15) is 13.8 Å².